The van der Waals surface area contributed by atoms with Crippen molar-refractivity contribution in [2.45, 2.75) is 3.67 Å². The van der Waals surface area contributed by atoms with Crippen molar-refractivity contribution in [2.24, 2.45) is 0 Å². The minimum absolute atomic E-state index is 0.339. The normalized spacial score (nSPS) is 11.4. The van der Waals surface area contributed by atoms with Gasteiger partial charge in [0.25, 0.3) is 3.67 Å². The third kappa shape index (κ3) is 2.31. The highest BCUT2D eigenvalue weighted by Gasteiger charge is 2.33. The van der Waals surface area contributed by atoms with Crippen LogP contribution in [0.4, 0.5) is 0 Å². The summed E-state index contributed by atoms with van der Waals surface area (Å²) < 4.78 is -1.92. The van der Waals surface area contributed by atoms with Crippen LogP contribution in [0.3, 0.4) is 0 Å². The van der Waals surface area contributed by atoms with Crippen molar-refractivity contribution in [1.29, 1.82) is 0 Å². The first-order valence-corrected chi connectivity index (χ1v) is 3.81. The summed E-state index contributed by atoms with van der Waals surface area (Å²) in [5.41, 5.74) is 0. The first-order valence-electron chi connectivity index (χ1n) is 1.41. The van der Waals surface area contributed by atoms with Gasteiger partial charge in [-0.1, -0.05) is 23.2 Å². The molecule has 0 fully saturated rings. The van der Waals surface area contributed by atoms with Gasteiger partial charge in [-0.25, -0.2) is 4.79 Å². The highest BCUT2D eigenvalue weighted by Crippen LogP contribution is 2.37. The summed E-state index contributed by atoms with van der Waals surface area (Å²) in [6.45, 7) is 0. The highest BCUT2D eigenvalue weighted by molar-refractivity contribution is 8.24. The van der Waals surface area contributed by atoms with Gasteiger partial charge in [0.1, 0.15) is 0 Å². The number of carboxylic acid groups (broad SMARTS) is 1. The predicted octanol–water partition coefficient (Wildman–Crippen LogP) is 2.09. The molecule has 0 aromatic heterocycles. The van der Waals surface area contributed by atoms with Gasteiger partial charge in [0.15, 0.2) is 0 Å². The molecule has 0 amide bonds. The lowest BCUT2D eigenvalue weighted by Crippen LogP contribution is -2.18. The molecule has 0 spiro atoms. The summed E-state index contributed by atoms with van der Waals surface area (Å²) in [5.74, 6) is -1.36. The maximum atomic E-state index is 9.88. The summed E-state index contributed by atoms with van der Waals surface area (Å²) in [6, 6.07) is 0. The maximum absolute atomic E-state index is 9.88. The molecule has 0 atom stereocenters. The van der Waals surface area contributed by atoms with Crippen molar-refractivity contribution in [2.75, 3.05) is 0 Å². The molecule has 0 aromatic carbocycles. The Morgan fingerprint density at radius 2 is 2.00 bits per heavy atom. The van der Waals surface area contributed by atoms with Crippen LogP contribution in [0.1, 0.15) is 0 Å². The summed E-state index contributed by atoms with van der Waals surface area (Å²) in [6.07, 6.45) is 0. The maximum Gasteiger partial charge on any atom is 0.352 e. The average Bonchev–Trinajstić information content (AvgIpc) is 1.67. The zero-order valence-electron chi connectivity index (χ0n) is 3.40. The number of aliphatic carboxylic acids is 1. The van der Waals surface area contributed by atoms with Gasteiger partial charge < -0.3 is 5.11 Å². The molecule has 0 bridgehead atoms. The Bertz CT molecular complexity index is 103. The Morgan fingerprint density at radius 1 is 1.62 bits per heavy atom. The van der Waals surface area contributed by atoms with E-state index >= 15 is 0 Å². The quantitative estimate of drug-likeness (QED) is 0.686. The number of rotatable bonds is 2. The van der Waals surface area contributed by atoms with E-state index in [9.17, 15) is 4.79 Å². The first-order chi connectivity index (χ1) is 3.50. The molecule has 6 heteroatoms. The summed E-state index contributed by atoms with van der Waals surface area (Å²) >= 11 is 10.1. The van der Waals surface area contributed by atoms with Crippen LogP contribution in [0.2, 0.25) is 0 Å². The van der Waals surface area contributed by atoms with E-state index in [0.717, 1.165) is 0 Å². The van der Waals surface area contributed by atoms with Crippen LogP contribution >= 0.6 is 44.9 Å². The Kier molecular flexibility index (Phi) is 3.27. The van der Waals surface area contributed by atoms with Gasteiger partial charge >= 0.3 is 5.97 Å². The second-order valence-electron chi connectivity index (χ2n) is 0.899. The van der Waals surface area contributed by atoms with Gasteiger partial charge in [0.05, 0.1) is 0 Å². The van der Waals surface area contributed by atoms with E-state index in [1.165, 1.54) is 0 Å². The number of carbonyl (C=O) groups is 1. The van der Waals surface area contributed by atoms with Crippen LogP contribution in [-0.4, -0.2) is 14.7 Å². The molecule has 0 aliphatic rings. The minimum Gasteiger partial charge on any atom is -0.478 e. The van der Waals surface area contributed by atoms with E-state index in [2.05, 4.69) is 0 Å². The summed E-state index contributed by atoms with van der Waals surface area (Å²) in [5, 5.41) is 8.07. The lowest BCUT2D eigenvalue weighted by atomic mass is 10.8. The number of halogens is 3. The lowest BCUT2D eigenvalue weighted by molar-refractivity contribution is -0.135. The SMILES string of the molecule is O=C(O)C(Cl)(Cl)SCl. The molecular formula is C2HCl3O2S. The molecule has 0 aliphatic carbocycles. The molecule has 0 radical (unpaired) electrons. The van der Waals surface area contributed by atoms with Gasteiger partial charge in [-0.2, -0.15) is 0 Å². The number of carboxylic acids is 1. The molecule has 1 N–H and O–H groups in total. The van der Waals surface area contributed by atoms with Crippen LogP contribution in [0.15, 0.2) is 0 Å². The molecule has 0 aromatic rings. The third-order valence-electron chi connectivity index (χ3n) is 0.346. The fraction of sp³-hybridized carbons (Fsp3) is 0.500. The lowest BCUT2D eigenvalue weighted by Gasteiger charge is -2.05. The molecule has 0 aliphatic heterocycles. The van der Waals surface area contributed by atoms with Crippen LogP contribution in [-0.2, 0) is 4.79 Å². The molecule has 0 rings (SSSR count). The number of hydrogen-bond acceptors (Lipinski definition) is 2. The van der Waals surface area contributed by atoms with Gasteiger partial charge in [0, 0.05) is 0 Å². The van der Waals surface area contributed by atoms with Crippen molar-refractivity contribution in [3.8, 4) is 0 Å². The Morgan fingerprint density at radius 3 is 2.00 bits per heavy atom. The second kappa shape index (κ2) is 3.01. The van der Waals surface area contributed by atoms with Crippen LogP contribution in [0.5, 0.6) is 0 Å². The molecule has 0 saturated carbocycles. The molecule has 48 valence electrons. The van der Waals surface area contributed by atoms with Gasteiger partial charge in [-0.15, -0.1) is 0 Å². The zero-order chi connectivity index (χ0) is 6.78. The molecular weight excluding hydrogens is 194 g/mol. The van der Waals surface area contributed by atoms with E-state index < -0.39 is 9.63 Å². The molecule has 8 heavy (non-hydrogen) atoms. The zero-order valence-corrected chi connectivity index (χ0v) is 6.48. The molecule has 0 saturated heterocycles. The predicted molar refractivity (Wildman–Crippen MR) is 35.5 cm³/mol. The van der Waals surface area contributed by atoms with E-state index in [1.807, 2.05) is 0 Å². The number of hydrogen-bond donors (Lipinski definition) is 1. The fourth-order valence-corrected chi connectivity index (χ4v) is 0.297. The third-order valence-corrected chi connectivity index (χ3v) is 2.67. The summed E-state index contributed by atoms with van der Waals surface area (Å²) in [7, 11) is 5.30. The minimum atomic E-state index is -1.92. The second-order valence-corrected chi connectivity index (χ2v) is 3.90. The van der Waals surface area contributed by atoms with E-state index in [-0.39, 0.29) is 0 Å². The first kappa shape index (κ1) is 8.69. The monoisotopic (exact) mass is 194 g/mol. The van der Waals surface area contributed by atoms with Crippen LogP contribution in [0.25, 0.3) is 0 Å². The standard InChI is InChI=1S/C2HCl3O2S/c3-2(4,8-5)1(6)7/h(H,6,7). The van der Waals surface area contributed by atoms with E-state index in [0.29, 0.717) is 11.0 Å². The van der Waals surface area contributed by atoms with Crippen LogP contribution < -0.4 is 0 Å². The van der Waals surface area contributed by atoms with Crippen molar-refractivity contribution in [1.82, 2.24) is 0 Å². The molecule has 0 unspecified atom stereocenters. The molecule has 0 heterocycles. The van der Waals surface area contributed by atoms with Gasteiger partial charge in [-0.3, -0.25) is 0 Å². The van der Waals surface area contributed by atoms with E-state index in [4.69, 9.17) is 39.0 Å². The Hall–Kier alpha value is 0.690. The molecule has 2 nitrogen and oxygen atoms in total. The van der Waals surface area contributed by atoms with Crippen molar-refractivity contribution in [3.05, 3.63) is 0 Å². The summed E-state index contributed by atoms with van der Waals surface area (Å²) in [4.78, 5) is 9.88. The Balaban J connectivity index is 3.91. The van der Waals surface area contributed by atoms with Crippen molar-refractivity contribution < 1.29 is 9.90 Å². The van der Waals surface area contributed by atoms with Crippen LogP contribution in [0, 0.1) is 0 Å². The van der Waals surface area contributed by atoms with Crippen molar-refractivity contribution in [3.63, 3.8) is 0 Å². The van der Waals surface area contributed by atoms with Gasteiger partial charge in [0.2, 0.25) is 0 Å². The topological polar surface area (TPSA) is 37.3 Å². The number of alkyl halides is 2. The smallest absolute Gasteiger partial charge is 0.352 e. The Labute approximate surface area is 64.6 Å². The highest BCUT2D eigenvalue weighted by atomic mass is 35.7. The fourth-order valence-electron chi connectivity index (χ4n) is 0.0330. The van der Waals surface area contributed by atoms with E-state index in [1.54, 1.807) is 0 Å². The van der Waals surface area contributed by atoms with Gasteiger partial charge in [-0.05, 0) is 21.7 Å². The largest absolute Gasteiger partial charge is 0.478 e. The van der Waals surface area contributed by atoms with Crippen molar-refractivity contribution >= 4 is 50.8 Å². The average molecular weight is 195 g/mol.